The van der Waals surface area contributed by atoms with Crippen LogP contribution in [0, 0.1) is 0 Å². The molecule has 0 fully saturated rings. The van der Waals surface area contributed by atoms with E-state index in [9.17, 15) is 29.4 Å². The van der Waals surface area contributed by atoms with Crippen LogP contribution in [-0.2, 0) is 9.59 Å². The minimum atomic E-state index is -0.555. The highest BCUT2D eigenvalue weighted by Gasteiger charge is 2.17. The van der Waals surface area contributed by atoms with Gasteiger partial charge >= 0.3 is 11.9 Å². The Morgan fingerprint density at radius 3 is 1.32 bits per heavy atom. The van der Waals surface area contributed by atoms with Gasteiger partial charge < -0.3 is 19.7 Å². The van der Waals surface area contributed by atoms with Crippen molar-refractivity contribution in [1.29, 1.82) is 0 Å². The van der Waals surface area contributed by atoms with Crippen LogP contribution in [0.4, 0.5) is 0 Å². The van der Waals surface area contributed by atoms with Gasteiger partial charge in [-0.05, 0) is 24.3 Å². The monoisotopic (exact) mass is 588 g/mol. The number of ether oxygens (including phenoxy) is 2. The fraction of sp³-hybridized carbons (Fsp3) is 0.0968. The normalized spacial score (nSPS) is 10.5. The second-order valence-corrected chi connectivity index (χ2v) is 10.8. The first kappa shape index (κ1) is 29.4. The Labute approximate surface area is 244 Å². The summed E-state index contributed by atoms with van der Waals surface area (Å²) in [7, 11) is 0. The van der Waals surface area contributed by atoms with Crippen LogP contribution in [0.25, 0.3) is 0 Å². The van der Waals surface area contributed by atoms with Gasteiger partial charge in [0.1, 0.15) is 23.0 Å². The zero-order valence-corrected chi connectivity index (χ0v) is 23.2. The maximum absolute atomic E-state index is 12.5. The van der Waals surface area contributed by atoms with Crippen molar-refractivity contribution >= 4 is 47.0 Å². The summed E-state index contributed by atoms with van der Waals surface area (Å²) in [5.74, 6) is -2.19. The van der Waals surface area contributed by atoms with Crippen LogP contribution in [-0.4, -0.2) is 50.3 Å². The average molecular weight is 589 g/mol. The van der Waals surface area contributed by atoms with E-state index in [1.54, 1.807) is 60.7 Å². The van der Waals surface area contributed by atoms with Gasteiger partial charge in [0.2, 0.25) is 0 Å². The molecule has 4 aromatic rings. The highest BCUT2D eigenvalue weighted by atomic mass is 32.2. The summed E-state index contributed by atoms with van der Waals surface area (Å²) in [6.45, 7) is 0. The highest BCUT2D eigenvalue weighted by molar-refractivity contribution is 8.16. The zero-order valence-electron chi connectivity index (χ0n) is 21.5. The Morgan fingerprint density at radius 2 is 0.951 bits per heavy atom. The minimum Gasteiger partial charge on any atom is -0.507 e. The largest absolute Gasteiger partial charge is 0.507 e. The third-order valence-electron chi connectivity index (χ3n) is 5.57. The lowest BCUT2D eigenvalue weighted by Crippen LogP contribution is -2.12. The number of carbonyl (C=O) groups excluding carboxylic acids is 4. The van der Waals surface area contributed by atoms with Gasteiger partial charge in [0, 0.05) is 28.3 Å². The molecule has 0 spiro atoms. The van der Waals surface area contributed by atoms with E-state index in [1.165, 1.54) is 59.9 Å². The number of aromatic hydroxyl groups is 2. The van der Waals surface area contributed by atoms with Crippen molar-refractivity contribution in [2.24, 2.45) is 0 Å². The minimum absolute atomic E-state index is 0.00170. The molecule has 0 unspecified atom stereocenters. The van der Waals surface area contributed by atoms with E-state index < -0.39 is 11.9 Å². The van der Waals surface area contributed by atoms with E-state index in [0.717, 1.165) is 0 Å². The first-order valence-corrected chi connectivity index (χ1v) is 14.5. The molecule has 208 valence electrons. The quantitative estimate of drug-likeness (QED) is 0.0721. The fourth-order valence-corrected chi connectivity index (χ4v) is 5.24. The van der Waals surface area contributed by atoms with E-state index in [4.69, 9.17) is 9.47 Å². The van der Waals surface area contributed by atoms with E-state index in [2.05, 4.69) is 0 Å². The number of hydrogen-bond donors (Lipinski definition) is 2. The molecular formula is C31H24O8S2. The fourth-order valence-electron chi connectivity index (χ4n) is 3.65. The summed E-state index contributed by atoms with van der Waals surface area (Å²) in [6, 6.07) is 25.1. The van der Waals surface area contributed by atoms with Crippen LogP contribution >= 0.6 is 23.5 Å². The molecule has 4 aromatic carbocycles. The maximum Gasteiger partial charge on any atom is 0.321 e. The number of ketones is 2. The van der Waals surface area contributed by atoms with E-state index >= 15 is 0 Å². The second-order valence-electron chi connectivity index (χ2n) is 8.51. The van der Waals surface area contributed by atoms with Crippen LogP contribution < -0.4 is 9.47 Å². The first-order valence-electron chi connectivity index (χ1n) is 12.2. The van der Waals surface area contributed by atoms with E-state index in [0.29, 0.717) is 16.2 Å². The summed E-state index contributed by atoms with van der Waals surface area (Å²) in [5.41, 5.74) is 1.05. The predicted molar refractivity (Wildman–Crippen MR) is 157 cm³/mol. The Hall–Kier alpha value is -4.54. The van der Waals surface area contributed by atoms with Crippen LogP contribution in [0.3, 0.4) is 0 Å². The molecule has 0 saturated carbocycles. The van der Waals surface area contributed by atoms with Crippen molar-refractivity contribution in [3.63, 3.8) is 0 Å². The Balaban J connectivity index is 1.17. The van der Waals surface area contributed by atoms with Gasteiger partial charge in [-0.25, -0.2) is 0 Å². The van der Waals surface area contributed by atoms with Gasteiger partial charge in [0.15, 0.2) is 11.6 Å². The predicted octanol–water partition coefficient (Wildman–Crippen LogP) is 5.49. The molecule has 10 heteroatoms. The van der Waals surface area contributed by atoms with Gasteiger partial charge in [-0.15, -0.1) is 23.5 Å². The maximum atomic E-state index is 12.5. The van der Waals surface area contributed by atoms with Crippen LogP contribution in [0.2, 0.25) is 0 Å². The summed E-state index contributed by atoms with van der Waals surface area (Å²) in [5, 5.41) is 20.9. The van der Waals surface area contributed by atoms with E-state index in [-0.39, 0.29) is 57.2 Å². The van der Waals surface area contributed by atoms with Gasteiger partial charge in [0.05, 0.1) is 22.6 Å². The second kappa shape index (κ2) is 14.2. The zero-order chi connectivity index (χ0) is 29.2. The molecule has 0 bridgehead atoms. The number of phenolic OH excluding ortho intramolecular Hbond substituents is 2. The number of esters is 2. The number of hydrogen-bond acceptors (Lipinski definition) is 10. The number of thioether (sulfide) groups is 2. The highest BCUT2D eigenvalue weighted by Crippen LogP contribution is 2.28. The summed E-state index contributed by atoms with van der Waals surface area (Å²) in [4.78, 5) is 49.4. The number of rotatable bonds is 12. The third kappa shape index (κ3) is 8.23. The lowest BCUT2D eigenvalue weighted by Gasteiger charge is -2.08. The van der Waals surface area contributed by atoms with Gasteiger partial charge in [-0.2, -0.15) is 0 Å². The molecular weight excluding hydrogens is 564 g/mol. The van der Waals surface area contributed by atoms with Gasteiger partial charge in [-0.1, -0.05) is 60.7 Å². The summed E-state index contributed by atoms with van der Waals surface area (Å²) in [6.07, 6.45) is 0. The molecule has 0 radical (unpaired) electrons. The number of benzene rings is 4. The van der Waals surface area contributed by atoms with E-state index in [1.807, 2.05) is 0 Å². The number of phenols is 2. The molecule has 4 rings (SSSR count). The average Bonchev–Trinajstić information content (AvgIpc) is 2.97. The third-order valence-corrected chi connectivity index (χ3v) is 7.78. The van der Waals surface area contributed by atoms with Crippen molar-refractivity contribution in [3.05, 3.63) is 119 Å². The van der Waals surface area contributed by atoms with Crippen molar-refractivity contribution in [3.8, 4) is 23.0 Å². The van der Waals surface area contributed by atoms with Gasteiger partial charge in [0.25, 0.3) is 0 Å². The summed E-state index contributed by atoms with van der Waals surface area (Å²) >= 11 is 2.46. The standard InChI is InChI=1S/C31H24O8S2/c32-26-15-22(11-13-24(26)30(36)20-7-3-1-4-8-20)38-28(34)17-40-19-41-18-29(35)39-23-12-14-25(27(33)16-23)31(37)21-9-5-2-6-10-21/h1-16,32-33H,17-19H2. The Kier molecular flexibility index (Phi) is 10.2. The molecule has 0 amide bonds. The molecule has 0 saturated heterocycles. The van der Waals surface area contributed by atoms with Crippen LogP contribution in [0.15, 0.2) is 97.1 Å². The smallest absolute Gasteiger partial charge is 0.321 e. The molecule has 0 aliphatic heterocycles. The molecule has 0 atom stereocenters. The molecule has 41 heavy (non-hydrogen) atoms. The van der Waals surface area contributed by atoms with Crippen molar-refractivity contribution in [1.82, 2.24) is 0 Å². The molecule has 0 aromatic heterocycles. The summed E-state index contributed by atoms with van der Waals surface area (Å²) < 4.78 is 10.5. The Bertz CT molecular complexity index is 1440. The molecule has 8 nitrogen and oxygen atoms in total. The van der Waals surface area contributed by atoms with Crippen molar-refractivity contribution < 1.29 is 38.9 Å². The Morgan fingerprint density at radius 1 is 0.561 bits per heavy atom. The van der Waals surface area contributed by atoms with Gasteiger partial charge in [-0.3, -0.25) is 19.2 Å². The first-order chi connectivity index (χ1) is 19.8. The lowest BCUT2D eigenvalue weighted by atomic mass is 10.0. The van der Waals surface area contributed by atoms with Crippen LogP contribution in [0.5, 0.6) is 23.0 Å². The lowest BCUT2D eigenvalue weighted by molar-refractivity contribution is -0.132. The SMILES string of the molecule is O=C(CSCSCC(=O)Oc1ccc(C(=O)c2ccccc2)c(O)c1)Oc1ccc(C(=O)c2ccccc2)c(O)c1. The molecule has 0 heterocycles. The molecule has 0 aliphatic carbocycles. The van der Waals surface area contributed by atoms with Crippen LogP contribution in [0.1, 0.15) is 31.8 Å². The van der Waals surface area contributed by atoms with Crippen molar-refractivity contribution in [2.75, 3.05) is 16.6 Å². The topological polar surface area (TPSA) is 127 Å². The molecule has 2 N–H and O–H groups in total. The number of carbonyl (C=O) groups is 4. The molecule has 0 aliphatic rings. The van der Waals surface area contributed by atoms with Crippen molar-refractivity contribution in [2.45, 2.75) is 0 Å².